The first-order valence-corrected chi connectivity index (χ1v) is 7.25. The van der Waals surface area contributed by atoms with Crippen LogP contribution in [-0.4, -0.2) is 11.1 Å². The van der Waals surface area contributed by atoms with Crippen LogP contribution in [-0.2, 0) is 4.79 Å². The van der Waals surface area contributed by atoms with Crippen molar-refractivity contribution in [1.29, 1.82) is 0 Å². The van der Waals surface area contributed by atoms with E-state index in [-0.39, 0.29) is 0 Å². The highest BCUT2D eigenvalue weighted by Crippen LogP contribution is 2.38. The SMILES string of the molecule is O=C(O)/C=C/c1c(Cl)cccc1-c1cc(Cl)c(Cl)cc1Cl. The Morgan fingerprint density at radius 3 is 2.24 bits per heavy atom. The maximum absolute atomic E-state index is 10.7. The second-order valence-corrected chi connectivity index (χ2v) is 5.75. The molecule has 0 saturated carbocycles. The van der Waals surface area contributed by atoms with Crippen LogP contribution >= 0.6 is 46.4 Å². The Kier molecular flexibility index (Phi) is 5.17. The van der Waals surface area contributed by atoms with Crippen molar-refractivity contribution in [3.63, 3.8) is 0 Å². The van der Waals surface area contributed by atoms with E-state index in [1.807, 2.05) is 0 Å². The van der Waals surface area contributed by atoms with Gasteiger partial charge in [0.25, 0.3) is 0 Å². The van der Waals surface area contributed by atoms with Gasteiger partial charge in [-0.3, -0.25) is 0 Å². The molecule has 6 heteroatoms. The van der Waals surface area contributed by atoms with Crippen molar-refractivity contribution >= 4 is 58.4 Å². The van der Waals surface area contributed by atoms with Crippen molar-refractivity contribution in [3.8, 4) is 11.1 Å². The lowest BCUT2D eigenvalue weighted by Crippen LogP contribution is -1.90. The van der Waals surface area contributed by atoms with Crippen LogP contribution in [0.3, 0.4) is 0 Å². The summed E-state index contributed by atoms with van der Waals surface area (Å²) in [7, 11) is 0. The van der Waals surface area contributed by atoms with E-state index < -0.39 is 5.97 Å². The molecule has 21 heavy (non-hydrogen) atoms. The number of carbonyl (C=O) groups is 1. The zero-order valence-electron chi connectivity index (χ0n) is 10.4. The van der Waals surface area contributed by atoms with Crippen molar-refractivity contribution < 1.29 is 9.90 Å². The summed E-state index contributed by atoms with van der Waals surface area (Å²) >= 11 is 24.3. The number of hydrogen-bond acceptors (Lipinski definition) is 1. The van der Waals surface area contributed by atoms with Crippen LogP contribution in [0.25, 0.3) is 17.2 Å². The highest BCUT2D eigenvalue weighted by atomic mass is 35.5. The maximum atomic E-state index is 10.7. The van der Waals surface area contributed by atoms with Crippen LogP contribution in [0.15, 0.2) is 36.4 Å². The summed E-state index contributed by atoms with van der Waals surface area (Å²) in [5, 5.41) is 10.3. The molecule has 2 nitrogen and oxygen atoms in total. The van der Waals surface area contributed by atoms with Crippen LogP contribution < -0.4 is 0 Å². The number of benzene rings is 2. The van der Waals surface area contributed by atoms with Crippen LogP contribution in [0, 0.1) is 0 Å². The molecule has 0 radical (unpaired) electrons. The Morgan fingerprint density at radius 1 is 0.905 bits per heavy atom. The smallest absolute Gasteiger partial charge is 0.328 e. The normalized spacial score (nSPS) is 11.0. The molecule has 0 aromatic heterocycles. The summed E-state index contributed by atoms with van der Waals surface area (Å²) in [6.07, 6.45) is 2.43. The standard InChI is InChI=1S/C15H8Cl4O2/c16-11-3-1-2-8(9(11)4-5-15(20)21)10-6-13(18)14(19)7-12(10)17/h1-7H,(H,20,21)/b5-4+. The number of halogens is 4. The summed E-state index contributed by atoms with van der Waals surface area (Å²) < 4.78 is 0. The fourth-order valence-electron chi connectivity index (χ4n) is 1.82. The van der Waals surface area contributed by atoms with Crippen LogP contribution in [0.1, 0.15) is 5.56 Å². The minimum Gasteiger partial charge on any atom is -0.478 e. The second kappa shape index (κ2) is 6.71. The van der Waals surface area contributed by atoms with Gasteiger partial charge in [-0.1, -0.05) is 58.5 Å². The van der Waals surface area contributed by atoms with E-state index in [9.17, 15) is 4.79 Å². The maximum Gasteiger partial charge on any atom is 0.328 e. The second-order valence-electron chi connectivity index (χ2n) is 4.12. The van der Waals surface area contributed by atoms with Gasteiger partial charge in [0.2, 0.25) is 0 Å². The molecule has 2 aromatic rings. The van der Waals surface area contributed by atoms with Crippen molar-refractivity contribution in [2.45, 2.75) is 0 Å². The predicted octanol–water partition coefficient (Wildman–Crippen LogP) is 6.07. The topological polar surface area (TPSA) is 37.3 Å². The first kappa shape index (κ1) is 16.2. The van der Waals surface area contributed by atoms with Gasteiger partial charge in [-0.05, 0) is 29.8 Å². The zero-order valence-corrected chi connectivity index (χ0v) is 13.4. The molecule has 0 unspecified atom stereocenters. The molecule has 0 aliphatic heterocycles. The van der Waals surface area contributed by atoms with Crippen LogP contribution in [0.2, 0.25) is 20.1 Å². The largest absolute Gasteiger partial charge is 0.478 e. The average molecular weight is 362 g/mol. The lowest BCUT2D eigenvalue weighted by atomic mass is 9.99. The fourth-order valence-corrected chi connectivity index (χ4v) is 2.71. The van der Waals surface area contributed by atoms with Gasteiger partial charge < -0.3 is 5.11 Å². The van der Waals surface area contributed by atoms with E-state index in [1.165, 1.54) is 12.1 Å². The molecular weight excluding hydrogens is 354 g/mol. The molecule has 0 spiro atoms. The third kappa shape index (κ3) is 3.72. The Morgan fingerprint density at radius 2 is 1.57 bits per heavy atom. The lowest BCUT2D eigenvalue weighted by Gasteiger charge is -2.11. The van der Waals surface area contributed by atoms with Crippen molar-refractivity contribution in [1.82, 2.24) is 0 Å². The van der Waals surface area contributed by atoms with Gasteiger partial charge in [-0.25, -0.2) is 4.79 Å². The minimum atomic E-state index is -1.07. The summed E-state index contributed by atoms with van der Waals surface area (Å²) in [5.74, 6) is -1.07. The Balaban J connectivity index is 2.67. The number of rotatable bonds is 3. The van der Waals surface area contributed by atoms with Gasteiger partial charge in [-0.2, -0.15) is 0 Å². The molecule has 0 atom stereocenters. The summed E-state index contributed by atoms with van der Waals surface area (Å²) in [6.45, 7) is 0. The zero-order chi connectivity index (χ0) is 15.6. The Bertz CT molecular complexity index is 739. The molecule has 0 heterocycles. The summed E-state index contributed by atoms with van der Waals surface area (Å²) in [5.41, 5.74) is 1.84. The molecule has 108 valence electrons. The molecule has 2 rings (SSSR count). The van der Waals surface area contributed by atoms with Crippen LogP contribution in [0.4, 0.5) is 0 Å². The fraction of sp³-hybridized carbons (Fsp3) is 0. The van der Waals surface area contributed by atoms with Gasteiger partial charge in [0.1, 0.15) is 0 Å². The monoisotopic (exact) mass is 360 g/mol. The number of carboxylic acids is 1. The van der Waals surface area contributed by atoms with Gasteiger partial charge in [0.15, 0.2) is 0 Å². The highest BCUT2D eigenvalue weighted by Gasteiger charge is 2.13. The van der Waals surface area contributed by atoms with Crippen molar-refractivity contribution in [2.24, 2.45) is 0 Å². The summed E-state index contributed by atoms with van der Waals surface area (Å²) in [6, 6.07) is 8.34. The Hall–Kier alpha value is -1.19. The molecule has 2 aromatic carbocycles. The number of aliphatic carboxylic acids is 1. The molecular formula is C15H8Cl4O2. The molecule has 0 amide bonds. The van der Waals surface area contributed by atoms with Crippen LogP contribution in [0.5, 0.6) is 0 Å². The van der Waals surface area contributed by atoms with E-state index in [1.54, 1.807) is 24.3 Å². The number of carboxylic acid groups (broad SMARTS) is 1. The number of hydrogen-bond donors (Lipinski definition) is 1. The third-order valence-electron chi connectivity index (χ3n) is 2.75. The molecule has 0 saturated heterocycles. The lowest BCUT2D eigenvalue weighted by molar-refractivity contribution is -0.131. The first-order chi connectivity index (χ1) is 9.90. The molecule has 0 fully saturated rings. The first-order valence-electron chi connectivity index (χ1n) is 5.74. The van der Waals surface area contributed by atoms with Crippen molar-refractivity contribution in [2.75, 3.05) is 0 Å². The van der Waals surface area contributed by atoms with Gasteiger partial charge >= 0.3 is 5.97 Å². The third-order valence-corrected chi connectivity index (χ3v) is 4.11. The van der Waals surface area contributed by atoms with Crippen molar-refractivity contribution in [3.05, 3.63) is 62.1 Å². The van der Waals surface area contributed by atoms with E-state index in [0.29, 0.717) is 36.8 Å². The van der Waals surface area contributed by atoms with Gasteiger partial charge in [-0.15, -0.1) is 0 Å². The summed E-state index contributed by atoms with van der Waals surface area (Å²) in [4.78, 5) is 10.7. The molecule has 0 aliphatic rings. The minimum absolute atomic E-state index is 0.343. The van der Waals surface area contributed by atoms with Gasteiger partial charge in [0.05, 0.1) is 10.0 Å². The van der Waals surface area contributed by atoms with E-state index in [0.717, 1.165) is 6.08 Å². The molecule has 0 aliphatic carbocycles. The molecule has 1 N–H and O–H groups in total. The van der Waals surface area contributed by atoms with E-state index in [4.69, 9.17) is 51.5 Å². The van der Waals surface area contributed by atoms with Gasteiger partial charge in [0, 0.05) is 27.2 Å². The average Bonchev–Trinajstić information content (AvgIpc) is 2.41. The van der Waals surface area contributed by atoms with E-state index in [2.05, 4.69) is 0 Å². The predicted molar refractivity (Wildman–Crippen MR) is 88.6 cm³/mol. The Labute approximate surface area is 141 Å². The quantitative estimate of drug-likeness (QED) is 0.532. The highest BCUT2D eigenvalue weighted by molar-refractivity contribution is 6.44. The van der Waals surface area contributed by atoms with E-state index >= 15 is 0 Å². The molecule has 0 bridgehead atoms.